The Labute approximate surface area is 176 Å². The zero-order valence-corrected chi connectivity index (χ0v) is 19.1. The molecule has 9 heteroatoms. The molecule has 0 amide bonds. The normalized spacial score (nSPS) is 21.1. The highest BCUT2D eigenvalue weighted by atomic mass is 32.2. The van der Waals surface area contributed by atoms with Gasteiger partial charge in [-0.05, 0) is 19.8 Å². The molecule has 0 aromatic carbocycles. The second kappa shape index (κ2) is 12.7. The molecule has 1 saturated heterocycles. The number of sulfone groups is 1. The number of aliphatic imine (C=N–C) groups is 1. The van der Waals surface area contributed by atoms with E-state index in [1.807, 2.05) is 0 Å². The van der Waals surface area contributed by atoms with Crippen LogP contribution >= 0.6 is 0 Å². The third kappa shape index (κ3) is 10.1. The maximum atomic E-state index is 11.1. The molecule has 2 rings (SSSR count). The molecule has 1 aliphatic heterocycles. The van der Waals surface area contributed by atoms with Crippen molar-refractivity contribution in [2.45, 2.75) is 39.0 Å². The predicted octanol–water partition coefficient (Wildman–Crippen LogP) is 0.885. The van der Waals surface area contributed by atoms with Crippen molar-refractivity contribution in [1.82, 2.24) is 15.5 Å². The molecule has 0 bridgehead atoms. The van der Waals surface area contributed by atoms with Gasteiger partial charge < -0.3 is 20.1 Å². The first kappa shape index (κ1) is 24.4. The number of nitrogens with one attached hydrogen (secondary N) is 2. The van der Waals surface area contributed by atoms with E-state index in [0.717, 1.165) is 51.9 Å². The van der Waals surface area contributed by atoms with Gasteiger partial charge in [-0.2, -0.15) is 0 Å². The fourth-order valence-electron chi connectivity index (χ4n) is 4.04. The van der Waals surface area contributed by atoms with Crippen LogP contribution in [0.5, 0.6) is 0 Å². The van der Waals surface area contributed by atoms with Crippen molar-refractivity contribution in [3.63, 3.8) is 0 Å². The molecule has 0 atom stereocenters. The lowest BCUT2D eigenvalue weighted by atomic mass is 9.73. The molecule has 0 unspecified atom stereocenters. The summed E-state index contributed by atoms with van der Waals surface area (Å²) >= 11 is 0. The third-order valence-electron chi connectivity index (χ3n) is 5.63. The van der Waals surface area contributed by atoms with Crippen LogP contribution in [0.4, 0.5) is 0 Å². The quantitative estimate of drug-likeness (QED) is 0.284. The zero-order chi connectivity index (χ0) is 21.0. The van der Waals surface area contributed by atoms with Gasteiger partial charge in [0.25, 0.3) is 0 Å². The molecule has 0 radical (unpaired) electrons. The maximum Gasteiger partial charge on any atom is 0.191 e. The Balaban J connectivity index is 1.83. The van der Waals surface area contributed by atoms with Gasteiger partial charge in [0.15, 0.2) is 5.96 Å². The molecule has 0 aromatic heterocycles. The monoisotopic (exact) mass is 432 g/mol. The standard InChI is InChI=1S/C20H40N4O4S/c1-3-21-19(22-9-12-27-15-16-29(2,25)26)23-17-20(7-5-4-6-8-20)18-24-10-13-28-14-11-24/h3-18H2,1-2H3,(H2,21,22,23). The highest BCUT2D eigenvalue weighted by Crippen LogP contribution is 2.37. The van der Waals surface area contributed by atoms with E-state index in [-0.39, 0.29) is 17.8 Å². The lowest BCUT2D eigenvalue weighted by Crippen LogP contribution is -2.47. The first-order valence-corrected chi connectivity index (χ1v) is 13.1. The van der Waals surface area contributed by atoms with E-state index in [2.05, 4.69) is 22.5 Å². The van der Waals surface area contributed by atoms with Crippen molar-refractivity contribution in [3.05, 3.63) is 0 Å². The van der Waals surface area contributed by atoms with Gasteiger partial charge in [-0.15, -0.1) is 0 Å². The van der Waals surface area contributed by atoms with Crippen LogP contribution in [-0.4, -0.2) is 97.0 Å². The van der Waals surface area contributed by atoms with Crippen LogP contribution < -0.4 is 10.6 Å². The third-order valence-corrected chi connectivity index (χ3v) is 6.54. The van der Waals surface area contributed by atoms with Crippen molar-refractivity contribution in [2.75, 3.05) is 77.7 Å². The molecule has 1 heterocycles. The smallest absolute Gasteiger partial charge is 0.191 e. The van der Waals surface area contributed by atoms with E-state index in [4.69, 9.17) is 14.5 Å². The van der Waals surface area contributed by atoms with E-state index in [1.54, 1.807) is 0 Å². The minimum atomic E-state index is -2.97. The minimum absolute atomic E-state index is 0.0607. The van der Waals surface area contributed by atoms with Gasteiger partial charge in [0.1, 0.15) is 9.84 Å². The van der Waals surface area contributed by atoms with E-state index >= 15 is 0 Å². The molecule has 2 aliphatic rings. The van der Waals surface area contributed by atoms with Crippen LogP contribution in [0.25, 0.3) is 0 Å². The first-order valence-electron chi connectivity index (χ1n) is 11.0. The molecule has 0 spiro atoms. The average Bonchev–Trinajstić information content (AvgIpc) is 2.69. The van der Waals surface area contributed by atoms with Crippen LogP contribution in [0.1, 0.15) is 39.0 Å². The summed E-state index contributed by atoms with van der Waals surface area (Å²) in [5.74, 6) is 0.872. The molecular formula is C20H40N4O4S. The molecule has 170 valence electrons. The van der Waals surface area contributed by atoms with Gasteiger partial charge in [-0.1, -0.05) is 19.3 Å². The topological polar surface area (TPSA) is 92.3 Å². The summed E-state index contributed by atoms with van der Waals surface area (Å²) in [5, 5.41) is 6.62. The molecule has 1 aliphatic carbocycles. The van der Waals surface area contributed by atoms with Crippen LogP contribution in [0.2, 0.25) is 0 Å². The van der Waals surface area contributed by atoms with Crippen LogP contribution in [-0.2, 0) is 19.3 Å². The Morgan fingerprint density at radius 3 is 2.52 bits per heavy atom. The first-order chi connectivity index (χ1) is 13.9. The lowest BCUT2D eigenvalue weighted by Gasteiger charge is -2.41. The number of guanidine groups is 1. The van der Waals surface area contributed by atoms with Crippen molar-refractivity contribution in [2.24, 2.45) is 10.4 Å². The Kier molecular flexibility index (Phi) is 10.7. The van der Waals surface area contributed by atoms with Gasteiger partial charge >= 0.3 is 0 Å². The largest absolute Gasteiger partial charge is 0.379 e. The molecule has 29 heavy (non-hydrogen) atoms. The number of morpholine rings is 1. The molecule has 1 saturated carbocycles. The minimum Gasteiger partial charge on any atom is -0.379 e. The molecule has 2 fully saturated rings. The average molecular weight is 433 g/mol. The highest BCUT2D eigenvalue weighted by Gasteiger charge is 2.34. The number of rotatable bonds is 11. The van der Waals surface area contributed by atoms with Gasteiger partial charge in [-0.25, -0.2) is 8.42 Å². The van der Waals surface area contributed by atoms with Crippen molar-refractivity contribution in [3.8, 4) is 0 Å². The Hall–Kier alpha value is -0.900. The maximum absolute atomic E-state index is 11.1. The van der Waals surface area contributed by atoms with E-state index < -0.39 is 9.84 Å². The summed E-state index contributed by atoms with van der Waals surface area (Å²) in [4.78, 5) is 7.46. The predicted molar refractivity (Wildman–Crippen MR) is 117 cm³/mol. The number of hydrogen-bond donors (Lipinski definition) is 2. The van der Waals surface area contributed by atoms with E-state index in [0.29, 0.717) is 13.2 Å². The van der Waals surface area contributed by atoms with Gasteiger partial charge in [0.2, 0.25) is 0 Å². The number of ether oxygens (including phenoxy) is 2. The molecule has 0 aromatic rings. The number of nitrogens with zero attached hydrogens (tertiary/aromatic N) is 2. The molecule has 8 nitrogen and oxygen atoms in total. The highest BCUT2D eigenvalue weighted by molar-refractivity contribution is 7.90. The summed E-state index contributed by atoms with van der Waals surface area (Å²) in [6, 6.07) is 0. The summed E-state index contributed by atoms with van der Waals surface area (Å²) in [6.07, 6.45) is 7.61. The zero-order valence-electron chi connectivity index (χ0n) is 18.2. The van der Waals surface area contributed by atoms with Crippen molar-refractivity contribution in [1.29, 1.82) is 0 Å². The Morgan fingerprint density at radius 1 is 1.14 bits per heavy atom. The van der Waals surface area contributed by atoms with Gasteiger partial charge in [0, 0.05) is 50.9 Å². The Morgan fingerprint density at radius 2 is 1.86 bits per heavy atom. The van der Waals surface area contributed by atoms with Gasteiger partial charge in [0.05, 0.1) is 32.2 Å². The number of hydrogen-bond acceptors (Lipinski definition) is 6. The molecule has 2 N–H and O–H groups in total. The van der Waals surface area contributed by atoms with Gasteiger partial charge in [-0.3, -0.25) is 9.89 Å². The lowest BCUT2D eigenvalue weighted by molar-refractivity contribution is 0.00937. The SMILES string of the molecule is CCNC(=NCC1(CN2CCOCC2)CCCCC1)NCCOCCS(C)(=O)=O. The van der Waals surface area contributed by atoms with E-state index in [9.17, 15) is 8.42 Å². The second-order valence-electron chi connectivity index (χ2n) is 8.31. The van der Waals surface area contributed by atoms with Crippen LogP contribution in [0, 0.1) is 5.41 Å². The van der Waals surface area contributed by atoms with Crippen molar-refractivity contribution < 1.29 is 17.9 Å². The van der Waals surface area contributed by atoms with Crippen LogP contribution in [0.15, 0.2) is 4.99 Å². The summed E-state index contributed by atoms with van der Waals surface area (Å²) in [7, 11) is -2.97. The van der Waals surface area contributed by atoms with Crippen LogP contribution in [0.3, 0.4) is 0 Å². The fraction of sp³-hybridized carbons (Fsp3) is 0.950. The summed E-state index contributed by atoms with van der Waals surface area (Å²) in [6.45, 7) is 9.81. The van der Waals surface area contributed by atoms with Crippen molar-refractivity contribution >= 4 is 15.8 Å². The Bertz CT molecular complexity index is 585. The summed E-state index contributed by atoms with van der Waals surface area (Å²) < 4.78 is 33.2. The second-order valence-corrected chi connectivity index (χ2v) is 10.6. The van der Waals surface area contributed by atoms with E-state index in [1.165, 1.54) is 38.4 Å². The summed E-state index contributed by atoms with van der Waals surface area (Å²) in [5.41, 5.74) is 0.254. The fourth-order valence-corrected chi connectivity index (χ4v) is 4.46. The molecular weight excluding hydrogens is 392 g/mol.